The Bertz CT molecular complexity index is 328. The van der Waals surface area contributed by atoms with Gasteiger partial charge < -0.3 is 5.32 Å². The van der Waals surface area contributed by atoms with Crippen LogP contribution in [0.1, 0.15) is 5.56 Å². The van der Waals surface area contributed by atoms with Crippen LogP contribution in [0.3, 0.4) is 0 Å². The predicted octanol–water partition coefficient (Wildman–Crippen LogP) is 1.97. The SMILES string of the molecule is CNCc1ccc([N+](=O)[O-])c(Cl)c1. The molecule has 0 radical (unpaired) electrons. The Balaban J connectivity index is 2.98. The number of hydrogen-bond acceptors (Lipinski definition) is 3. The minimum Gasteiger partial charge on any atom is -0.316 e. The van der Waals surface area contributed by atoms with Crippen LogP contribution in [0.4, 0.5) is 5.69 Å². The fraction of sp³-hybridized carbons (Fsp3) is 0.250. The molecule has 1 aromatic carbocycles. The lowest BCUT2D eigenvalue weighted by Crippen LogP contribution is -2.04. The lowest BCUT2D eigenvalue weighted by Gasteiger charge is -2.00. The first-order chi connectivity index (χ1) is 6.15. The number of nitrogens with zero attached hydrogens (tertiary/aromatic N) is 1. The second-order valence-corrected chi connectivity index (χ2v) is 2.98. The van der Waals surface area contributed by atoms with Gasteiger partial charge >= 0.3 is 0 Å². The largest absolute Gasteiger partial charge is 0.316 e. The Morgan fingerprint density at radius 2 is 2.31 bits per heavy atom. The molecule has 1 aromatic rings. The average molecular weight is 201 g/mol. The number of hydrogen-bond donors (Lipinski definition) is 1. The number of halogens is 1. The molecule has 13 heavy (non-hydrogen) atoms. The molecular formula is C8H9ClN2O2. The van der Waals surface area contributed by atoms with Crippen molar-refractivity contribution in [3.05, 3.63) is 38.9 Å². The number of rotatable bonds is 3. The number of benzene rings is 1. The molecule has 0 atom stereocenters. The average Bonchev–Trinajstić information content (AvgIpc) is 2.04. The fourth-order valence-electron chi connectivity index (χ4n) is 1.01. The monoisotopic (exact) mass is 200 g/mol. The van der Waals surface area contributed by atoms with E-state index >= 15 is 0 Å². The van der Waals surface area contributed by atoms with Gasteiger partial charge in [-0.05, 0) is 18.7 Å². The van der Waals surface area contributed by atoms with Crippen molar-refractivity contribution < 1.29 is 4.92 Å². The first-order valence-corrected chi connectivity index (χ1v) is 4.10. The van der Waals surface area contributed by atoms with Crippen LogP contribution < -0.4 is 5.32 Å². The molecule has 0 saturated heterocycles. The van der Waals surface area contributed by atoms with Crippen LogP contribution in [0.15, 0.2) is 18.2 Å². The standard InChI is InChI=1S/C8H9ClN2O2/c1-10-5-6-2-3-8(11(12)13)7(9)4-6/h2-4,10H,5H2,1H3. The Labute approximate surface area is 80.7 Å². The van der Waals surface area contributed by atoms with Gasteiger partial charge in [-0.1, -0.05) is 17.7 Å². The van der Waals surface area contributed by atoms with Gasteiger partial charge in [0.05, 0.1) is 4.92 Å². The Morgan fingerprint density at radius 1 is 1.62 bits per heavy atom. The van der Waals surface area contributed by atoms with Gasteiger partial charge in [0.15, 0.2) is 0 Å². The van der Waals surface area contributed by atoms with Crippen LogP contribution in [0.5, 0.6) is 0 Å². The summed E-state index contributed by atoms with van der Waals surface area (Å²) in [5, 5.41) is 13.5. The van der Waals surface area contributed by atoms with Gasteiger partial charge in [0.1, 0.15) is 5.02 Å². The van der Waals surface area contributed by atoms with E-state index < -0.39 is 4.92 Å². The van der Waals surface area contributed by atoms with E-state index in [1.807, 2.05) is 0 Å². The van der Waals surface area contributed by atoms with Crippen LogP contribution in [0, 0.1) is 10.1 Å². The Morgan fingerprint density at radius 3 is 2.77 bits per heavy atom. The summed E-state index contributed by atoms with van der Waals surface area (Å²) in [6, 6.07) is 4.69. The van der Waals surface area contributed by atoms with E-state index in [1.54, 1.807) is 19.2 Å². The second kappa shape index (κ2) is 4.20. The molecule has 0 aromatic heterocycles. The van der Waals surface area contributed by atoms with E-state index in [0.29, 0.717) is 6.54 Å². The van der Waals surface area contributed by atoms with Crippen molar-refractivity contribution in [2.45, 2.75) is 6.54 Å². The van der Waals surface area contributed by atoms with Crippen molar-refractivity contribution in [1.82, 2.24) is 5.32 Å². The number of nitro benzene ring substituents is 1. The molecule has 0 amide bonds. The number of nitro groups is 1. The summed E-state index contributed by atoms with van der Waals surface area (Å²) in [7, 11) is 1.80. The van der Waals surface area contributed by atoms with Crippen molar-refractivity contribution in [2.75, 3.05) is 7.05 Å². The summed E-state index contributed by atoms with van der Waals surface area (Å²) >= 11 is 5.69. The molecule has 0 unspecified atom stereocenters. The van der Waals surface area contributed by atoms with Crippen molar-refractivity contribution in [2.24, 2.45) is 0 Å². The van der Waals surface area contributed by atoms with E-state index in [0.717, 1.165) is 5.56 Å². The maximum Gasteiger partial charge on any atom is 0.287 e. The lowest BCUT2D eigenvalue weighted by molar-refractivity contribution is -0.384. The minimum atomic E-state index is -0.495. The maximum absolute atomic E-state index is 10.4. The topological polar surface area (TPSA) is 55.2 Å². The zero-order valence-corrected chi connectivity index (χ0v) is 7.84. The van der Waals surface area contributed by atoms with E-state index in [-0.39, 0.29) is 10.7 Å². The van der Waals surface area contributed by atoms with E-state index in [1.165, 1.54) is 6.07 Å². The smallest absolute Gasteiger partial charge is 0.287 e. The normalized spacial score (nSPS) is 10.0. The van der Waals surface area contributed by atoms with Gasteiger partial charge in [-0.25, -0.2) is 0 Å². The third kappa shape index (κ3) is 2.40. The second-order valence-electron chi connectivity index (χ2n) is 2.57. The van der Waals surface area contributed by atoms with Crippen LogP contribution in [-0.2, 0) is 6.54 Å². The van der Waals surface area contributed by atoms with Gasteiger partial charge in [0, 0.05) is 12.6 Å². The fourth-order valence-corrected chi connectivity index (χ4v) is 1.28. The number of nitrogens with one attached hydrogen (secondary N) is 1. The molecule has 0 fully saturated rings. The van der Waals surface area contributed by atoms with Gasteiger partial charge in [0.25, 0.3) is 5.69 Å². The molecular weight excluding hydrogens is 192 g/mol. The van der Waals surface area contributed by atoms with Crippen molar-refractivity contribution in [3.63, 3.8) is 0 Å². The molecule has 0 aliphatic rings. The molecule has 0 spiro atoms. The molecule has 5 heteroatoms. The summed E-state index contributed by atoms with van der Waals surface area (Å²) in [4.78, 5) is 9.90. The highest BCUT2D eigenvalue weighted by atomic mass is 35.5. The quantitative estimate of drug-likeness (QED) is 0.600. The Kier molecular flexibility index (Phi) is 3.22. The first kappa shape index (κ1) is 9.95. The Hall–Kier alpha value is -1.13. The molecule has 1 rings (SSSR count). The van der Waals surface area contributed by atoms with Gasteiger partial charge in [-0.15, -0.1) is 0 Å². The third-order valence-electron chi connectivity index (χ3n) is 1.59. The lowest BCUT2D eigenvalue weighted by atomic mass is 10.2. The molecule has 0 heterocycles. The minimum absolute atomic E-state index is 0.0541. The summed E-state index contributed by atoms with van der Waals surface area (Å²) < 4.78 is 0. The van der Waals surface area contributed by atoms with Crippen molar-refractivity contribution in [1.29, 1.82) is 0 Å². The zero-order chi connectivity index (χ0) is 9.84. The first-order valence-electron chi connectivity index (χ1n) is 3.72. The highest BCUT2D eigenvalue weighted by Crippen LogP contribution is 2.24. The van der Waals surface area contributed by atoms with Crippen LogP contribution in [0.25, 0.3) is 0 Å². The summed E-state index contributed by atoms with van der Waals surface area (Å²) in [6.07, 6.45) is 0. The van der Waals surface area contributed by atoms with Crippen molar-refractivity contribution >= 4 is 17.3 Å². The molecule has 0 aliphatic heterocycles. The molecule has 70 valence electrons. The molecule has 1 N–H and O–H groups in total. The van der Waals surface area contributed by atoms with Crippen LogP contribution in [0.2, 0.25) is 5.02 Å². The van der Waals surface area contributed by atoms with E-state index in [4.69, 9.17) is 11.6 Å². The molecule has 0 aliphatic carbocycles. The van der Waals surface area contributed by atoms with Crippen LogP contribution >= 0.6 is 11.6 Å². The van der Waals surface area contributed by atoms with Gasteiger partial charge in [-0.2, -0.15) is 0 Å². The molecule has 4 nitrogen and oxygen atoms in total. The maximum atomic E-state index is 10.4. The highest BCUT2D eigenvalue weighted by Gasteiger charge is 2.11. The summed E-state index contributed by atoms with van der Waals surface area (Å²) in [6.45, 7) is 0.651. The zero-order valence-electron chi connectivity index (χ0n) is 7.08. The highest BCUT2D eigenvalue weighted by molar-refractivity contribution is 6.32. The molecule has 0 bridgehead atoms. The summed E-state index contributed by atoms with van der Waals surface area (Å²) in [5.41, 5.74) is 0.875. The van der Waals surface area contributed by atoms with E-state index in [2.05, 4.69) is 5.32 Å². The van der Waals surface area contributed by atoms with Gasteiger partial charge in [-0.3, -0.25) is 10.1 Å². The molecule has 0 saturated carbocycles. The predicted molar refractivity (Wildman–Crippen MR) is 50.9 cm³/mol. The third-order valence-corrected chi connectivity index (χ3v) is 1.89. The summed E-state index contributed by atoms with van der Waals surface area (Å²) in [5.74, 6) is 0. The van der Waals surface area contributed by atoms with Gasteiger partial charge in [0.2, 0.25) is 0 Å². The van der Waals surface area contributed by atoms with Crippen LogP contribution in [-0.4, -0.2) is 12.0 Å². The van der Waals surface area contributed by atoms with E-state index in [9.17, 15) is 10.1 Å². The van der Waals surface area contributed by atoms with Crippen molar-refractivity contribution in [3.8, 4) is 0 Å².